The Hall–Kier alpha value is -0.320. The first-order valence-electron chi connectivity index (χ1n) is 7.93. The molecule has 126 valence electrons. The van der Waals surface area contributed by atoms with Crippen LogP contribution in [0.25, 0.3) is 0 Å². The Morgan fingerprint density at radius 3 is 2.38 bits per heavy atom. The fraction of sp³-hybridized carbons (Fsp3) is 0.938. The van der Waals surface area contributed by atoms with Gasteiger partial charge in [0, 0.05) is 13.0 Å². The summed E-state index contributed by atoms with van der Waals surface area (Å²) in [5.74, 6) is 0.107. The van der Waals surface area contributed by atoms with Crippen LogP contribution in [-0.2, 0) is 4.79 Å². The largest absolute Gasteiger partial charge is 0.393 e. The lowest BCUT2D eigenvalue weighted by Crippen LogP contribution is -2.41. The van der Waals surface area contributed by atoms with Crippen molar-refractivity contribution in [2.24, 2.45) is 16.6 Å². The van der Waals surface area contributed by atoms with E-state index in [0.717, 1.165) is 12.8 Å². The predicted octanol–water partition coefficient (Wildman–Crippen LogP) is 2.62. The minimum absolute atomic E-state index is 0. The molecule has 4 nitrogen and oxygen atoms in total. The lowest BCUT2D eigenvalue weighted by molar-refractivity contribution is -0.124. The third-order valence-electron chi connectivity index (χ3n) is 4.49. The van der Waals surface area contributed by atoms with Crippen LogP contribution >= 0.6 is 12.4 Å². The van der Waals surface area contributed by atoms with Gasteiger partial charge in [0.15, 0.2) is 0 Å². The highest BCUT2D eigenvalue weighted by Gasteiger charge is 2.33. The van der Waals surface area contributed by atoms with E-state index >= 15 is 0 Å². The summed E-state index contributed by atoms with van der Waals surface area (Å²) < 4.78 is 0. The number of amides is 1. The Morgan fingerprint density at radius 2 is 1.90 bits per heavy atom. The fourth-order valence-corrected chi connectivity index (χ4v) is 3.37. The van der Waals surface area contributed by atoms with Gasteiger partial charge in [0.1, 0.15) is 0 Å². The summed E-state index contributed by atoms with van der Waals surface area (Å²) >= 11 is 0. The highest BCUT2D eigenvalue weighted by molar-refractivity contribution is 5.85. The summed E-state index contributed by atoms with van der Waals surface area (Å²) in [6.45, 7) is 7.14. The van der Waals surface area contributed by atoms with Crippen molar-refractivity contribution in [2.75, 3.05) is 13.1 Å². The Bertz CT molecular complexity index is 313. The van der Waals surface area contributed by atoms with Crippen molar-refractivity contribution < 1.29 is 9.90 Å². The quantitative estimate of drug-likeness (QED) is 0.675. The van der Waals surface area contributed by atoms with Gasteiger partial charge in [0.05, 0.1) is 6.10 Å². The van der Waals surface area contributed by atoms with Gasteiger partial charge in [-0.3, -0.25) is 4.79 Å². The number of carbonyl (C=O) groups excluding carboxylic acids is 1. The topological polar surface area (TPSA) is 75.3 Å². The summed E-state index contributed by atoms with van der Waals surface area (Å²) in [6.07, 6.45) is 6.71. The Kier molecular flexibility index (Phi) is 8.83. The van der Waals surface area contributed by atoms with E-state index < -0.39 is 0 Å². The van der Waals surface area contributed by atoms with E-state index in [1.807, 2.05) is 0 Å². The van der Waals surface area contributed by atoms with E-state index in [1.165, 1.54) is 19.3 Å². The van der Waals surface area contributed by atoms with E-state index in [4.69, 9.17) is 5.73 Å². The standard InChI is InChI=1S/C16H32N2O2.ClH/c1-13(19)9-15(2,3)12-18-14(20)10-16(11-17)7-5-4-6-8-16;/h13,19H,4-12,17H2,1-3H3,(H,18,20);1H. The summed E-state index contributed by atoms with van der Waals surface area (Å²) in [5, 5.41) is 12.5. The van der Waals surface area contributed by atoms with Gasteiger partial charge in [-0.05, 0) is 43.6 Å². The molecule has 1 amide bonds. The van der Waals surface area contributed by atoms with E-state index in [-0.39, 0.29) is 35.2 Å². The van der Waals surface area contributed by atoms with Crippen LogP contribution in [0.2, 0.25) is 0 Å². The molecule has 1 saturated carbocycles. The summed E-state index contributed by atoms with van der Waals surface area (Å²) in [5.41, 5.74) is 5.87. The molecule has 1 fully saturated rings. The van der Waals surface area contributed by atoms with Crippen LogP contribution in [0.4, 0.5) is 0 Å². The highest BCUT2D eigenvalue weighted by atomic mass is 35.5. The molecule has 1 atom stereocenters. The van der Waals surface area contributed by atoms with Crippen molar-refractivity contribution in [3.8, 4) is 0 Å². The van der Waals surface area contributed by atoms with Gasteiger partial charge in [0.2, 0.25) is 5.91 Å². The maximum absolute atomic E-state index is 12.2. The van der Waals surface area contributed by atoms with E-state index in [9.17, 15) is 9.90 Å². The minimum atomic E-state index is -0.337. The van der Waals surface area contributed by atoms with Crippen molar-refractivity contribution in [1.82, 2.24) is 5.32 Å². The summed E-state index contributed by atoms with van der Waals surface area (Å²) in [4.78, 5) is 12.2. The average molecular weight is 321 g/mol. The zero-order chi connectivity index (χ0) is 15.2. The molecule has 1 aliphatic rings. The highest BCUT2D eigenvalue weighted by Crippen LogP contribution is 2.38. The van der Waals surface area contributed by atoms with Gasteiger partial charge < -0.3 is 16.2 Å². The molecule has 0 saturated heterocycles. The molecule has 0 aromatic rings. The first kappa shape index (κ1) is 20.7. The van der Waals surface area contributed by atoms with Crippen molar-refractivity contribution in [3.05, 3.63) is 0 Å². The third-order valence-corrected chi connectivity index (χ3v) is 4.49. The maximum Gasteiger partial charge on any atom is 0.220 e. The van der Waals surface area contributed by atoms with Gasteiger partial charge >= 0.3 is 0 Å². The van der Waals surface area contributed by atoms with E-state index in [0.29, 0.717) is 25.9 Å². The van der Waals surface area contributed by atoms with Crippen LogP contribution < -0.4 is 11.1 Å². The summed E-state index contributed by atoms with van der Waals surface area (Å²) in [6, 6.07) is 0. The molecule has 21 heavy (non-hydrogen) atoms. The second kappa shape index (κ2) is 8.96. The molecule has 1 aliphatic carbocycles. The average Bonchev–Trinajstić information content (AvgIpc) is 2.36. The van der Waals surface area contributed by atoms with Gasteiger partial charge in [-0.2, -0.15) is 0 Å². The summed E-state index contributed by atoms with van der Waals surface area (Å²) in [7, 11) is 0. The molecule has 1 unspecified atom stereocenters. The van der Waals surface area contributed by atoms with Gasteiger partial charge in [0.25, 0.3) is 0 Å². The second-order valence-corrected chi connectivity index (χ2v) is 7.44. The van der Waals surface area contributed by atoms with Crippen LogP contribution in [0, 0.1) is 10.8 Å². The lowest BCUT2D eigenvalue weighted by Gasteiger charge is -2.36. The molecule has 1 rings (SSSR count). The smallest absolute Gasteiger partial charge is 0.220 e. The second-order valence-electron chi connectivity index (χ2n) is 7.44. The number of nitrogens with one attached hydrogen (secondary N) is 1. The molecule has 0 radical (unpaired) electrons. The number of carbonyl (C=O) groups is 1. The fourth-order valence-electron chi connectivity index (χ4n) is 3.37. The van der Waals surface area contributed by atoms with Crippen LogP contribution in [-0.4, -0.2) is 30.2 Å². The molecular formula is C16H33ClN2O2. The van der Waals surface area contributed by atoms with Crippen molar-refractivity contribution in [2.45, 2.75) is 71.8 Å². The van der Waals surface area contributed by atoms with Crippen LogP contribution in [0.5, 0.6) is 0 Å². The Balaban J connectivity index is 0.00000400. The molecule has 0 bridgehead atoms. The number of aliphatic hydroxyl groups excluding tert-OH is 1. The number of hydrogen-bond donors (Lipinski definition) is 3. The molecule has 0 aromatic heterocycles. The molecule has 0 heterocycles. The number of nitrogens with two attached hydrogens (primary N) is 1. The van der Waals surface area contributed by atoms with E-state index in [1.54, 1.807) is 6.92 Å². The first-order chi connectivity index (χ1) is 9.29. The Morgan fingerprint density at radius 1 is 1.33 bits per heavy atom. The zero-order valence-corrected chi connectivity index (χ0v) is 14.6. The van der Waals surface area contributed by atoms with Crippen molar-refractivity contribution in [1.29, 1.82) is 0 Å². The third kappa shape index (κ3) is 7.48. The molecule has 5 heteroatoms. The lowest BCUT2D eigenvalue weighted by atomic mass is 9.71. The van der Waals surface area contributed by atoms with E-state index in [2.05, 4.69) is 19.2 Å². The monoisotopic (exact) mass is 320 g/mol. The zero-order valence-electron chi connectivity index (χ0n) is 13.8. The maximum atomic E-state index is 12.2. The first-order valence-corrected chi connectivity index (χ1v) is 7.93. The van der Waals surface area contributed by atoms with Gasteiger partial charge in [-0.1, -0.05) is 33.1 Å². The predicted molar refractivity (Wildman–Crippen MR) is 89.5 cm³/mol. The van der Waals surface area contributed by atoms with Gasteiger partial charge in [-0.15, -0.1) is 12.4 Å². The van der Waals surface area contributed by atoms with Crippen LogP contribution in [0.3, 0.4) is 0 Å². The van der Waals surface area contributed by atoms with Crippen molar-refractivity contribution >= 4 is 18.3 Å². The molecular weight excluding hydrogens is 288 g/mol. The SMILES string of the molecule is CC(O)CC(C)(C)CNC(=O)CC1(CN)CCCCC1.Cl. The normalized spacial score (nSPS) is 19.5. The van der Waals surface area contributed by atoms with Crippen molar-refractivity contribution in [3.63, 3.8) is 0 Å². The molecule has 0 aliphatic heterocycles. The number of halogens is 1. The minimum Gasteiger partial charge on any atom is -0.393 e. The molecule has 4 N–H and O–H groups in total. The Labute approximate surface area is 135 Å². The molecule has 0 spiro atoms. The number of hydrogen-bond acceptors (Lipinski definition) is 3. The molecule has 0 aromatic carbocycles. The van der Waals surface area contributed by atoms with Crippen LogP contribution in [0.15, 0.2) is 0 Å². The van der Waals surface area contributed by atoms with Crippen LogP contribution in [0.1, 0.15) is 65.7 Å². The number of aliphatic hydroxyl groups is 1. The number of rotatable bonds is 7. The van der Waals surface area contributed by atoms with Gasteiger partial charge in [-0.25, -0.2) is 0 Å².